The van der Waals surface area contributed by atoms with Gasteiger partial charge in [-0.3, -0.25) is 4.98 Å². The number of fused-ring (bicyclic) bond motifs is 5. The summed E-state index contributed by atoms with van der Waals surface area (Å²) in [6.45, 7) is 4.99. The molecule has 4 heterocycles. The second kappa shape index (κ2) is 6.13. The van der Waals surface area contributed by atoms with Gasteiger partial charge in [-0.1, -0.05) is 6.08 Å². The molecule has 0 aliphatic carbocycles. The maximum absolute atomic E-state index is 12.5. The van der Waals surface area contributed by atoms with Gasteiger partial charge in [0.1, 0.15) is 23.1 Å². The fraction of sp³-hybridized carbons (Fsp3) is 0.500. The number of hydrogen-bond donors (Lipinski definition) is 1. The summed E-state index contributed by atoms with van der Waals surface area (Å²) in [4.78, 5) is 26.9. The first kappa shape index (κ1) is 17.4. The third-order valence-electron chi connectivity index (χ3n) is 5.69. The molecule has 5 rings (SSSR count). The zero-order chi connectivity index (χ0) is 19.5. The molecule has 2 atom stereocenters. The highest BCUT2D eigenvalue weighted by Gasteiger charge is 2.43. The lowest BCUT2D eigenvalue weighted by Gasteiger charge is -2.42. The lowest BCUT2D eigenvalue weighted by atomic mass is 9.83. The minimum atomic E-state index is -0.615. The Bertz CT molecular complexity index is 1070. The number of rotatable bonds is 2. The second-order valence-corrected chi connectivity index (χ2v) is 7.95. The van der Waals surface area contributed by atoms with Crippen LogP contribution < -0.4 is 20.9 Å². The van der Waals surface area contributed by atoms with Crippen molar-refractivity contribution in [2.24, 2.45) is 0 Å². The molecule has 0 bridgehead atoms. The molecule has 3 aliphatic rings. The molecular formula is C20H23N3O5. The molecule has 0 radical (unpaired) electrons. The van der Waals surface area contributed by atoms with Crippen LogP contribution in [0.5, 0.6) is 11.5 Å². The highest BCUT2D eigenvalue weighted by molar-refractivity contribution is 5.51. The number of benzene rings is 1. The number of ether oxygens (including phenoxy) is 3. The summed E-state index contributed by atoms with van der Waals surface area (Å²) in [6.07, 6.45) is 4.74. The fourth-order valence-corrected chi connectivity index (χ4v) is 4.34. The molecule has 0 spiro atoms. The summed E-state index contributed by atoms with van der Waals surface area (Å²) in [7, 11) is 0. The first-order valence-corrected chi connectivity index (χ1v) is 9.67. The number of nitrogens with zero attached hydrogens (tertiary/aromatic N) is 2. The number of aromatic amines is 1. The van der Waals surface area contributed by atoms with Crippen molar-refractivity contribution < 1.29 is 14.2 Å². The van der Waals surface area contributed by atoms with Crippen molar-refractivity contribution in [1.29, 1.82) is 0 Å². The number of H-pyrrole nitrogens is 1. The quantitative estimate of drug-likeness (QED) is 0.799. The molecule has 0 saturated carbocycles. The molecule has 1 saturated heterocycles. The summed E-state index contributed by atoms with van der Waals surface area (Å²) in [5.41, 5.74) is 0.360. The van der Waals surface area contributed by atoms with Gasteiger partial charge in [-0.2, -0.15) is 0 Å². The van der Waals surface area contributed by atoms with Crippen molar-refractivity contribution in [3.63, 3.8) is 0 Å². The Morgan fingerprint density at radius 3 is 2.86 bits per heavy atom. The largest absolute Gasteiger partial charge is 0.483 e. The second-order valence-electron chi connectivity index (χ2n) is 7.95. The highest BCUT2D eigenvalue weighted by atomic mass is 16.7. The number of aromatic nitrogens is 3. The van der Waals surface area contributed by atoms with Gasteiger partial charge < -0.3 is 14.2 Å². The Hall–Kier alpha value is -2.74. The summed E-state index contributed by atoms with van der Waals surface area (Å²) < 4.78 is 20.8. The lowest BCUT2D eigenvalue weighted by molar-refractivity contribution is -0.106. The predicted molar refractivity (Wildman–Crippen MR) is 101 cm³/mol. The van der Waals surface area contributed by atoms with Crippen LogP contribution in [0, 0.1) is 0 Å². The van der Waals surface area contributed by atoms with Crippen molar-refractivity contribution in [2.75, 3.05) is 6.61 Å². The zero-order valence-electron chi connectivity index (χ0n) is 15.9. The van der Waals surface area contributed by atoms with Gasteiger partial charge in [0.05, 0.1) is 13.2 Å². The van der Waals surface area contributed by atoms with Crippen LogP contribution in [-0.2, 0) is 11.3 Å². The molecule has 2 unspecified atom stereocenters. The van der Waals surface area contributed by atoms with E-state index < -0.39 is 17.0 Å². The lowest BCUT2D eigenvalue weighted by Crippen LogP contribution is -2.46. The smallest absolute Gasteiger partial charge is 0.345 e. The molecular weight excluding hydrogens is 362 g/mol. The van der Waals surface area contributed by atoms with Crippen LogP contribution in [0.3, 0.4) is 0 Å². The Labute approximate surface area is 161 Å². The molecule has 0 amide bonds. The Balaban J connectivity index is 1.58. The average Bonchev–Trinajstić information content (AvgIpc) is 2.96. The van der Waals surface area contributed by atoms with E-state index in [2.05, 4.69) is 4.98 Å². The van der Waals surface area contributed by atoms with E-state index in [0.717, 1.165) is 30.4 Å². The van der Waals surface area contributed by atoms with Gasteiger partial charge in [0.2, 0.25) is 0 Å². The first-order chi connectivity index (χ1) is 13.4. The van der Waals surface area contributed by atoms with Crippen LogP contribution >= 0.6 is 0 Å². The summed E-state index contributed by atoms with van der Waals surface area (Å²) in [5, 5.41) is 0. The number of allylic oxidation sites excluding steroid dienone is 1. The van der Waals surface area contributed by atoms with Gasteiger partial charge in [-0.25, -0.2) is 19.0 Å². The van der Waals surface area contributed by atoms with E-state index in [1.54, 1.807) is 0 Å². The monoisotopic (exact) mass is 385 g/mol. The Kier molecular flexibility index (Phi) is 3.80. The van der Waals surface area contributed by atoms with Crippen molar-refractivity contribution in [2.45, 2.75) is 57.6 Å². The van der Waals surface area contributed by atoms with E-state index in [9.17, 15) is 9.59 Å². The molecule has 148 valence electrons. The standard InChI is InChI=1S/C20H23N3O5/c1-20(2)14-8-9-22-18(24)21-19(25)23(22)17(14)13-7-6-12(11-15(13)28-20)27-16-5-3-4-10-26-16/h6-8,11,16-17H,3-5,9-10H2,1-2H3,(H,21,24,25). The van der Waals surface area contributed by atoms with E-state index in [4.69, 9.17) is 14.2 Å². The number of hydrogen-bond acceptors (Lipinski definition) is 5. The van der Waals surface area contributed by atoms with Crippen molar-refractivity contribution in [1.82, 2.24) is 14.3 Å². The van der Waals surface area contributed by atoms with Gasteiger partial charge >= 0.3 is 11.4 Å². The number of nitrogens with one attached hydrogen (secondary N) is 1. The molecule has 1 aromatic carbocycles. The molecule has 2 aromatic rings. The third kappa shape index (κ3) is 2.63. The SMILES string of the molecule is CC1(C)Oc2cc(OC3CCCCO3)ccc2C2C1=CCn1c(=O)[nH]c(=O)n12. The van der Waals surface area contributed by atoms with Crippen LogP contribution in [0.4, 0.5) is 0 Å². The van der Waals surface area contributed by atoms with Crippen LogP contribution in [0.2, 0.25) is 0 Å². The van der Waals surface area contributed by atoms with Crippen LogP contribution in [-0.4, -0.2) is 32.8 Å². The van der Waals surface area contributed by atoms with Gasteiger partial charge in [-0.05, 0) is 44.4 Å². The average molecular weight is 385 g/mol. The first-order valence-electron chi connectivity index (χ1n) is 9.67. The van der Waals surface area contributed by atoms with E-state index in [-0.39, 0.29) is 12.3 Å². The molecule has 8 heteroatoms. The molecule has 1 N–H and O–H groups in total. The van der Waals surface area contributed by atoms with Gasteiger partial charge in [0, 0.05) is 18.1 Å². The van der Waals surface area contributed by atoms with Crippen molar-refractivity contribution in [3.05, 3.63) is 56.4 Å². The van der Waals surface area contributed by atoms with Gasteiger partial charge in [0.25, 0.3) is 0 Å². The van der Waals surface area contributed by atoms with Gasteiger partial charge in [0.15, 0.2) is 6.29 Å². The molecule has 1 fully saturated rings. The van der Waals surface area contributed by atoms with E-state index >= 15 is 0 Å². The van der Waals surface area contributed by atoms with Crippen LogP contribution in [0.15, 0.2) is 39.4 Å². The van der Waals surface area contributed by atoms with E-state index in [0.29, 0.717) is 24.7 Å². The minimum absolute atomic E-state index is 0.244. The molecule has 8 nitrogen and oxygen atoms in total. The molecule has 28 heavy (non-hydrogen) atoms. The van der Waals surface area contributed by atoms with Crippen molar-refractivity contribution in [3.8, 4) is 11.5 Å². The Morgan fingerprint density at radius 2 is 2.07 bits per heavy atom. The molecule has 1 aromatic heterocycles. The highest BCUT2D eigenvalue weighted by Crippen LogP contribution is 2.47. The van der Waals surface area contributed by atoms with E-state index in [1.165, 1.54) is 9.36 Å². The van der Waals surface area contributed by atoms with E-state index in [1.807, 2.05) is 38.1 Å². The topological polar surface area (TPSA) is 87.5 Å². The van der Waals surface area contributed by atoms with Crippen LogP contribution in [0.25, 0.3) is 0 Å². The minimum Gasteiger partial charge on any atom is -0.483 e. The predicted octanol–water partition coefficient (Wildman–Crippen LogP) is 1.94. The summed E-state index contributed by atoms with van der Waals surface area (Å²) in [5.74, 6) is 1.32. The fourth-order valence-electron chi connectivity index (χ4n) is 4.34. The normalized spacial score (nSPS) is 25.0. The maximum Gasteiger partial charge on any atom is 0.345 e. The summed E-state index contributed by atoms with van der Waals surface area (Å²) >= 11 is 0. The third-order valence-corrected chi connectivity index (χ3v) is 5.69. The molecule has 3 aliphatic heterocycles. The maximum atomic E-state index is 12.5. The Morgan fingerprint density at radius 1 is 1.21 bits per heavy atom. The summed E-state index contributed by atoms with van der Waals surface area (Å²) in [6, 6.07) is 5.23. The van der Waals surface area contributed by atoms with Gasteiger partial charge in [-0.15, -0.1) is 0 Å². The van der Waals surface area contributed by atoms with Crippen molar-refractivity contribution >= 4 is 0 Å². The zero-order valence-corrected chi connectivity index (χ0v) is 15.9. The van der Waals surface area contributed by atoms with Crippen LogP contribution in [0.1, 0.15) is 44.7 Å².